The fourth-order valence-corrected chi connectivity index (χ4v) is 2.01. The minimum Gasteiger partial charge on any atom is -0.491 e. The lowest BCUT2D eigenvalue weighted by Gasteiger charge is -2.19. The van der Waals surface area contributed by atoms with Crippen molar-refractivity contribution >= 4 is 18.3 Å². The van der Waals surface area contributed by atoms with Gasteiger partial charge in [-0.3, -0.25) is 4.79 Å². The van der Waals surface area contributed by atoms with Gasteiger partial charge in [0.05, 0.1) is 18.2 Å². The second kappa shape index (κ2) is 10.5. The van der Waals surface area contributed by atoms with E-state index in [1.165, 1.54) is 0 Å². The largest absolute Gasteiger partial charge is 0.491 e. The Labute approximate surface area is 145 Å². The highest BCUT2D eigenvalue weighted by Gasteiger charge is 2.20. The highest BCUT2D eigenvalue weighted by Crippen LogP contribution is 2.20. The van der Waals surface area contributed by atoms with Crippen molar-refractivity contribution in [1.82, 2.24) is 5.32 Å². The smallest absolute Gasteiger partial charge is 0.237 e. The van der Waals surface area contributed by atoms with Crippen LogP contribution in [0.25, 0.3) is 0 Å². The average molecular weight is 345 g/mol. The number of ether oxygens (including phenoxy) is 1. The second-order valence-electron chi connectivity index (χ2n) is 5.91. The van der Waals surface area contributed by atoms with Crippen LogP contribution in [0.5, 0.6) is 5.75 Å². The lowest BCUT2D eigenvalue weighted by molar-refractivity contribution is -0.123. The van der Waals surface area contributed by atoms with Crippen molar-refractivity contribution in [2.24, 2.45) is 11.7 Å². The second-order valence-corrected chi connectivity index (χ2v) is 5.91. The number of benzene rings is 1. The number of halogens is 1. The van der Waals surface area contributed by atoms with Gasteiger partial charge in [-0.1, -0.05) is 32.4 Å². The lowest BCUT2D eigenvalue weighted by Crippen LogP contribution is -2.45. The highest BCUT2D eigenvalue weighted by molar-refractivity contribution is 5.85. The Hall–Kier alpha value is -1.30. The third-order valence-corrected chi connectivity index (χ3v) is 3.64. The van der Waals surface area contributed by atoms with Crippen LogP contribution in [0.3, 0.4) is 0 Å². The van der Waals surface area contributed by atoms with Crippen LogP contribution in [0.4, 0.5) is 0 Å². The Kier molecular flexibility index (Phi) is 9.88. The van der Waals surface area contributed by atoms with Crippen LogP contribution in [-0.4, -0.2) is 29.7 Å². The molecule has 0 saturated heterocycles. The van der Waals surface area contributed by atoms with Gasteiger partial charge >= 0.3 is 0 Å². The van der Waals surface area contributed by atoms with Crippen LogP contribution in [-0.2, 0) is 4.79 Å². The summed E-state index contributed by atoms with van der Waals surface area (Å²) in [4.78, 5) is 11.9. The number of nitrogens with two attached hydrogens (primary N) is 1. The molecule has 0 saturated carbocycles. The van der Waals surface area contributed by atoms with Crippen molar-refractivity contribution in [1.29, 1.82) is 0 Å². The SMILES string of the molecule is CCC(C)C(N)C(=O)NCC(O)c1cccc(OC(C)C)c1.Cl. The molecular formula is C17H29ClN2O3. The topological polar surface area (TPSA) is 84.6 Å². The molecule has 0 aromatic heterocycles. The molecule has 3 atom stereocenters. The van der Waals surface area contributed by atoms with Gasteiger partial charge in [-0.2, -0.15) is 0 Å². The Balaban J connectivity index is 0.00000484. The van der Waals surface area contributed by atoms with Gasteiger partial charge in [-0.25, -0.2) is 0 Å². The summed E-state index contributed by atoms with van der Waals surface area (Å²) in [6.45, 7) is 7.95. The van der Waals surface area contributed by atoms with Crippen molar-refractivity contribution < 1.29 is 14.6 Å². The molecule has 0 radical (unpaired) electrons. The lowest BCUT2D eigenvalue weighted by atomic mass is 9.99. The number of carbonyl (C=O) groups is 1. The zero-order valence-electron chi connectivity index (χ0n) is 14.3. The molecule has 4 N–H and O–H groups in total. The molecule has 0 aliphatic heterocycles. The van der Waals surface area contributed by atoms with Crippen molar-refractivity contribution in [2.75, 3.05) is 6.54 Å². The Morgan fingerprint density at radius 3 is 2.57 bits per heavy atom. The van der Waals surface area contributed by atoms with Gasteiger partial charge in [0.25, 0.3) is 0 Å². The van der Waals surface area contributed by atoms with Crippen LogP contribution >= 0.6 is 12.4 Å². The van der Waals surface area contributed by atoms with Gasteiger partial charge in [0.2, 0.25) is 5.91 Å². The van der Waals surface area contributed by atoms with Gasteiger partial charge in [0.1, 0.15) is 5.75 Å². The minimum atomic E-state index is -0.788. The van der Waals surface area contributed by atoms with E-state index in [4.69, 9.17) is 10.5 Å². The quantitative estimate of drug-likeness (QED) is 0.676. The predicted octanol–water partition coefficient (Wildman–Crippen LogP) is 2.42. The molecule has 1 aromatic carbocycles. The van der Waals surface area contributed by atoms with Crippen molar-refractivity contribution in [3.05, 3.63) is 29.8 Å². The first-order chi connectivity index (χ1) is 10.3. The zero-order valence-corrected chi connectivity index (χ0v) is 15.1. The summed E-state index contributed by atoms with van der Waals surface area (Å²) in [6, 6.07) is 6.70. The molecule has 0 aliphatic carbocycles. The predicted molar refractivity (Wildman–Crippen MR) is 94.9 cm³/mol. The number of hydrogen-bond donors (Lipinski definition) is 3. The summed E-state index contributed by atoms with van der Waals surface area (Å²) in [6.07, 6.45) is 0.121. The molecular weight excluding hydrogens is 316 g/mol. The monoisotopic (exact) mass is 344 g/mol. The number of aliphatic hydroxyl groups is 1. The molecule has 0 bridgehead atoms. The first-order valence-corrected chi connectivity index (χ1v) is 7.83. The third kappa shape index (κ3) is 7.20. The molecule has 1 aromatic rings. The van der Waals surface area contributed by atoms with Crippen LogP contribution < -0.4 is 15.8 Å². The average Bonchev–Trinajstić information content (AvgIpc) is 2.50. The number of hydrogen-bond acceptors (Lipinski definition) is 4. The van der Waals surface area contributed by atoms with E-state index in [1.807, 2.05) is 39.8 Å². The number of amides is 1. The Bertz CT molecular complexity index is 483. The van der Waals surface area contributed by atoms with Gasteiger partial charge in [0, 0.05) is 6.54 Å². The third-order valence-electron chi connectivity index (χ3n) is 3.64. The van der Waals surface area contributed by atoms with E-state index in [-0.39, 0.29) is 36.9 Å². The maximum Gasteiger partial charge on any atom is 0.237 e. The van der Waals surface area contributed by atoms with E-state index in [1.54, 1.807) is 12.1 Å². The number of nitrogens with one attached hydrogen (secondary N) is 1. The molecule has 1 rings (SSSR count). The Morgan fingerprint density at radius 2 is 2.00 bits per heavy atom. The molecule has 6 heteroatoms. The van der Waals surface area contributed by atoms with Crippen LogP contribution in [0, 0.1) is 5.92 Å². The first kappa shape index (κ1) is 21.7. The number of aliphatic hydroxyl groups excluding tert-OH is 1. The normalized spacial score (nSPS) is 14.6. The summed E-state index contributed by atoms with van der Waals surface area (Å²) in [5.41, 5.74) is 6.57. The summed E-state index contributed by atoms with van der Waals surface area (Å²) >= 11 is 0. The molecule has 3 unspecified atom stereocenters. The molecule has 132 valence electrons. The highest BCUT2D eigenvalue weighted by atomic mass is 35.5. The van der Waals surface area contributed by atoms with Gasteiger partial charge in [0.15, 0.2) is 0 Å². The maximum absolute atomic E-state index is 11.9. The van der Waals surface area contributed by atoms with Gasteiger partial charge in [-0.15, -0.1) is 12.4 Å². The number of carbonyl (C=O) groups excluding carboxylic acids is 1. The van der Waals surface area contributed by atoms with Crippen molar-refractivity contribution in [3.8, 4) is 5.75 Å². The maximum atomic E-state index is 11.9. The zero-order chi connectivity index (χ0) is 16.7. The molecule has 23 heavy (non-hydrogen) atoms. The first-order valence-electron chi connectivity index (χ1n) is 7.83. The van der Waals surface area contributed by atoms with Crippen molar-refractivity contribution in [3.63, 3.8) is 0 Å². The molecule has 5 nitrogen and oxygen atoms in total. The summed E-state index contributed by atoms with van der Waals surface area (Å²) in [5.74, 6) is 0.581. The van der Waals surface area contributed by atoms with Gasteiger partial charge in [-0.05, 0) is 37.5 Å². The summed E-state index contributed by atoms with van der Waals surface area (Å²) in [5, 5.41) is 12.9. The Morgan fingerprint density at radius 1 is 1.35 bits per heavy atom. The fourth-order valence-electron chi connectivity index (χ4n) is 2.01. The number of rotatable bonds is 8. The summed E-state index contributed by atoms with van der Waals surface area (Å²) in [7, 11) is 0. The van der Waals surface area contributed by atoms with E-state index in [0.717, 1.165) is 6.42 Å². The van der Waals surface area contributed by atoms with Crippen molar-refractivity contribution in [2.45, 2.75) is 52.4 Å². The molecule has 0 fully saturated rings. The fraction of sp³-hybridized carbons (Fsp3) is 0.588. The van der Waals surface area contributed by atoms with Gasteiger partial charge < -0.3 is 20.9 Å². The molecule has 0 aliphatic rings. The van der Waals surface area contributed by atoms with E-state index < -0.39 is 12.1 Å². The molecule has 0 heterocycles. The van der Waals surface area contributed by atoms with E-state index in [0.29, 0.717) is 11.3 Å². The van der Waals surface area contributed by atoms with Crippen LogP contribution in [0.2, 0.25) is 0 Å². The van der Waals surface area contributed by atoms with E-state index in [9.17, 15) is 9.90 Å². The standard InChI is InChI=1S/C17H28N2O3.ClH/c1-5-12(4)16(18)17(21)19-10-15(20)13-7-6-8-14(9-13)22-11(2)3;/h6-9,11-12,15-16,20H,5,10,18H2,1-4H3,(H,19,21);1H. The van der Waals surface area contributed by atoms with E-state index in [2.05, 4.69) is 5.32 Å². The molecule has 1 amide bonds. The van der Waals surface area contributed by atoms with Crippen LogP contribution in [0.15, 0.2) is 24.3 Å². The van der Waals surface area contributed by atoms with Crippen LogP contribution in [0.1, 0.15) is 45.8 Å². The summed E-state index contributed by atoms with van der Waals surface area (Å²) < 4.78 is 5.60. The molecule has 0 spiro atoms. The minimum absolute atomic E-state index is 0. The van der Waals surface area contributed by atoms with E-state index >= 15 is 0 Å².